The van der Waals surface area contributed by atoms with E-state index in [0.29, 0.717) is 6.54 Å². The van der Waals surface area contributed by atoms with Gasteiger partial charge in [0.1, 0.15) is 0 Å². The Morgan fingerprint density at radius 1 is 1.29 bits per heavy atom. The fraction of sp³-hybridized carbons (Fsp3) is 0.545. The number of aryl methyl sites for hydroxylation is 1. The van der Waals surface area contributed by atoms with Crippen molar-refractivity contribution in [3.63, 3.8) is 0 Å². The number of carbonyl (C=O) groups is 2. The van der Waals surface area contributed by atoms with Crippen LogP contribution in [0, 0.1) is 0 Å². The Labute approximate surface area is 100 Å². The van der Waals surface area contributed by atoms with Crippen molar-refractivity contribution in [2.75, 3.05) is 13.1 Å². The zero-order valence-corrected chi connectivity index (χ0v) is 9.98. The van der Waals surface area contributed by atoms with Gasteiger partial charge in [-0.25, -0.2) is 4.98 Å². The van der Waals surface area contributed by atoms with E-state index >= 15 is 0 Å². The number of nitrogens with zero attached hydrogens (tertiary/aromatic N) is 2. The van der Waals surface area contributed by atoms with Crippen LogP contribution in [0.1, 0.15) is 19.8 Å². The van der Waals surface area contributed by atoms with Crippen molar-refractivity contribution in [2.45, 2.75) is 26.3 Å². The van der Waals surface area contributed by atoms with E-state index in [1.54, 1.807) is 12.5 Å². The number of aromatic nitrogens is 2. The Kier molecular flexibility index (Phi) is 5.77. The molecule has 0 aromatic carbocycles. The lowest BCUT2D eigenvalue weighted by molar-refractivity contribution is -0.125. The van der Waals surface area contributed by atoms with Crippen molar-refractivity contribution in [2.24, 2.45) is 0 Å². The second-order valence-electron chi connectivity index (χ2n) is 3.77. The molecule has 0 radical (unpaired) electrons. The van der Waals surface area contributed by atoms with Crippen molar-refractivity contribution in [3.8, 4) is 0 Å². The quantitative estimate of drug-likeness (QED) is 0.652. The number of rotatable bonds is 7. The number of unbranched alkanes of at least 4 members (excludes halogenated alkanes) is 1. The smallest absolute Gasteiger partial charge is 0.239 e. The van der Waals surface area contributed by atoms with E-state index in [-0.39, 0.29) is 18.4 Å². The molecule has 1 aromatic heterocycles. The van der Waals surface area contributed by atoms with Gasteiger partial charge in [-0.3, -0.25) is 9.59 Å². The van der Waals surface area contributed by atoms with Gasteiger partial charge in [-0.1, -0.05) is 0 Å². The molecule has 0 aliphatic heterocycles. The predicted molar refractivity (Wildman–Crippen MR) is 63.2 cm³/mol. The number of hydrogen-bond acceptors (Lipinski definition) is 3. The first-order valence-corrected chi connectivity index (χ1v) is 5.65. The molecule has 2 N–H and O–H groups in total. The van der Waals surface area contributed by atoms with E-state index in [1.165, 1.54) is 6.92 Å². The average molecular weight is 238 g/mol. The summed E-state index contributed by atoms with van der Waals surface area (Å²) in [5.74, 6) is -0.344. The molecule has 0 spiro atoms. The van der Waals surface area contributed by atoms with Crippen molar-refractivity contribution in [3.05, 3.63) is 18.7 Å². The van der Waals surface area contributed by atoms with E-state index < -0.39 is 0 Å². The summed E-state index contributed by atoms with van der Waals surface area (Å²) >= 11 is 0. The van der Waals surface area contributed by atoms with Crippen LogP contribution in [0.3, 0.4) is 0 Å². The van der Waals surface area contributed by atoms with Crippen molar-refractivity contribution in [1.29, 1.82) is 0 Å². The molecule has 1 rings (SSSR count). The van der Waals surface area contributed by atoms with Crippen LogP contribution < -0.4 is 10.6 Å². The molecule has 0 bridgehead atoms. The molecular formula is C11H18N4O2. The van der Waals surface area contributed by atoms with Gasteiger partial charge < -0.3 is 15.2 Å². The Balaban J connectivity index is 1.96. The topological polar surface area (TPSA) is 76.0 Å². The van der Waals surface area contributed by atoms with Gasteiger partial charge in [0.2, 0.25) is 11.8 Å². The van der Waals surface area contributed by atoms with Gasteiger partial charge >= 0.3 is 0 Å². The lowest BCUT2D eigenvalue weighted by Gasteiger charge is -2.05. The zero-order chi connectivity index (χ0) is 12.5. The van der Waals surface area contributed by atoms with E-state index in [4.69, 9.17) is 0 Å². The Morgan fingerprint density at radius 3 is 2.76 bits per heavy atom. The van der Waals surface area contributed by atoms with Crippen LogP contribution in [-0.2, 0) is 16.1 Å². The summed E-state index contributed by atoms with van der Waals surface area (Å²) < 4.78 is 2.00. The van der Waals surface area contributed by atoms with Crippen LogP contribution in [0.2, 0.25) is 0 Å². The monoisotopic (exact) mass is 238 g/mol. The molecule has 2 amide bonds. The highest BCUT2D eigenvalue weighted by atomic mass is 16.2. The second kappa shape index (κ2) is 7.43. The molecule has 0 saturated heterocycles. The number of carbonyl (C=O) groups excluding carboxylic acids is 2. The highest BCUT2D eigenvalue weighted by molar-refractivity contribution is 5.83. The molecule has 0 atom stereocenters. The largest absolute Gasteiger partial charge is 0.355 e. The molecule has 0 fully saturated rings. The van der Waals surface area contributed by atoms with Crippen LogP contribution in [0.4, 0.5) is 0 Å². The summed E-state index contributed by atoms with van der Waals surface area (Å²) in [7, 11) is 0. The Hall–Kier alpha value is -1.85. The van der Waals surface area contributed by atoms with E-state index in [2.05, 4.69) is 15.6 Å². The minimum atomic E-state index is -0.194. The maximum atomic E-state index is 11.2. The first kappa shape index (κ1) is 13.2. The zero-order valence-electron chi connectivity index (χ0n) is 9.98. The minimum absolute atomic E-state index is 0.0524. The van der Waals surface area contributed by atoms with Crippen LogP contribution in [-0.4, -0.2) is 34.5 Å². The molecule has 0 unspecified atom stereocenters. The van der Waals surface area contributed by atoms with Crippen molar-refractivity contribution < 1.29 is 9.59 Å². The average Bonchev–Trinajstić information content (AvgIpc) is 2.79. The van der Waals surface area contributed by atoms with Crippen molar-refractivity contribution >= 4 is 11.8 Å². The molecule has 6 nitrogen and oxygen atoms in total. The summed E-state index contributed by atoms with van der Waals surface area (Å²) in [6, 6.07) is 0. The number of nitrogens with one attached hydrogen (secondary N) is 2. The van der Waals surface area contributed by atoms with Gasteiger partial charge in [-0.05, 0) is 12.8 Å². The van der Waals surface area contributed by atoms with Gasteiger partial charge in [-0.15, -0.1) is 0 Å². The molecule has 1 heterocycles. The summed E-state index contributed by atoms with van der Waals surface area (Å²) in [4.78, 5) is 25.7. The molecule has 0 aliphatic carbocycles. The van der Waals surface area contributed by atoms with Gasteiger partial charge in [0.05, 0.1) is 12.9 Å². The van der Waals surface area contributed by atoms with Gasteiger partial charge in [0, 0.05) is 32.4 Å². The molecular weight excluding hydrogens is 220 g/mol. The molecule has 0 aliphatic rings. The van der Waals surface area contributed by atoms with Crippen LogP contribution in [0.5, 0.6) is 0 Å². The molecule has 1 aromatic rings. The first-order chi connectivity index (χ1) is 8.18. The molecule has 17 heavy (non-hydrogen) atoms. The van der Waals surface area contributed by atoms with E-state index in [0.717, 1.165) is 19.4 Å². The van der Waals surface area contributed by atoms with Crippen LogP contribution in [0.25, 0.3) is 0 Å². The van der Waals surface area contributed by atoms with Gasteiger partial charge in [0.25, 0.3) is 0 Å². The van der Waals surface area contributed by atoms with Crippen LogP contribution >= 0.6 is 0 Å². The number of hydrogen-bond donors (Lipinski definition) is 2. The lowest BCUT2D eigenvalue weighted by atomic mass is 10.3. The van der Waals surface area contributed by atoms with Crippen LogP contribution in [0.15, 0.2) is 18.7 Å². The third-order valence-electron chi connectivity index (χ3n) is 2.22. The predicted octanol–water partition coefficient (Wildman–Crippen LogP) is -0.0844. The van der Waals surface area contributed by atoms with E-state index in [9.17, 15) is 9.59 Å². The highest BCUT2D eigenvalue weighted by Crippen LogP contribution is 1.93. The molecule has 94 valence electrons. The van der Waals surface area contributed by atoms with Gasteiger partial charge in [0.15, 0.2) is 0 Å². The molecule has 0 saturated carbocycles. The fourth-order valence-electron chi connectivity index (χ4n) is 1.33. The number of amides is 2. The maximum Gasteiger partial charge on any atom is 0.239 e. The van der Waals surface area contributed by atoms with Gasteiger partial charge in [-0.2, -0.15) is 0 Å². The van der Waals surface area contributed by atoms with Crippen molar-refractivity contribution in [1.82, 2.24) is 20.2 Å². The third kappa shape index (κ3) is 6.34. The Morgan fingerprint density at radius 2 is 2.12 bits per heavy atom. The third-order valence-corrected chi connectivity index (χ3v) is 2.22. The summed E-state index contributed by atoms with van der Waals surface area (Å²) in [6.07, 6.45) is 7.32. The summed E-state index contributed by atoms with van der Waals surface area (Å²) in [5.41, 5.74) is 0. The highest BCUT2D eigenvalue weighted by Gasteiger charge is 2.00. The molecule has 6 heteroatoms. The Bertz CT molecular complexity index is 348. The fourth-order valence-corrected chi connectivity index (χ4v) is 1.33. The lowest BCUT2D eigenvalue weighted by Crippen LogP contribution is -2.36. The summed E-state index contributed by atoms with van der Waals surface area (Å²) in [5, 5.41) is 5.18. The van der Waals surface area contributed by atoms with E-state index in [1.807, 2.05) is 10.8 Å². The second-order valence-corrected chi connectivity index (χ2v) is 3.77. The summed E-state index contributed by atoms with van der Waals surface area (Å²) in [6.45, 7) is 2.98. The minimum Gasteiger partial charge on any atom is -0.355 e. The maximum absolute atomic E-state index is 11.2. The normalized spacial score (nSPS) is 9.94. The first-order valence-electron chi connectivity index (χ1n) is 5.65. The SMILES string of the molecule is CC(=O)NCC(=O)NCCCCn1ccnc1. The number of imidazole rings is 1. The standard InChI is InChI=1S/C11H18N4O2/c1-10(16)14-8-11(17)13-4-2-3-6-15-7-5-12-9-15/h5,7,9H,2-4,6,8H2,1H3,(H,13,17)(H,14,16).